The average Bonchev–Trinajstić information content (AvgIpc) is 3.13. The second-order valence-corrected chi connectivity index (χ2v) is 5.72. The zero-order valence-electron chi connectivity index (χ0n) is 15.0. The minimum absolute atomic E-state index is 0.208. The molecule has 0 aliphatic heterocycles. The molecule has 0 bridgehead atoms. The van der Waals surface area contributed by atoms with Gasteiger partial charge in [0.2, 0.25) is 0 Å². The summed E-state index contributed by atoms with van der Waals surface area (Å²) >= 11 is 0. The fourth-order valence-electron chi connectivity index (χ4n) is 2.48. The maximum absolute atomic E-state index is 12.2. The fraction of sp³-hybridized carbons (Fsp3) is 0.105. The third kappa shape index (κ3) is 4.39. The summed E-state index contributed by atoms with van der Waals surface area (Å²) in [5.41, 5.74) is 5.66. The highest BCUT2D eigenvalue weighted by Gasteiger charge is 2.17. The molecule has 1 heterocycles. The topological polar surface area (TPSA) is 118 Å². The number of ether oxygens (including phenoxy) is 1. The minimum atomic E-state index is -0.750. The largest absolute Gasteiger partial charge is 0.504 e. The van der Waals surface area contributed by atoms with E-state index in [0.29, 0.717) is 11.4 Å². The van der Waals surface area contributed by atoms with Crippen molar-refractivity contribution >= 4 is 11.9 Å². The number of aromatic hydroxyl groups is 1. The van der Waals surface area contributed by atoms with Gasteiger partial charge in [0, 0.05) is 12.1 Å². The van der Waals surface area contributed by atoms with Crippen LogP contribution in [0.5, 0.6) is 11.5 Å². The third-order valence-corrected chi connectivity index (χ3v) is 3.85. The SMILES string of the molecule is COc1ccccc1CNC(=O)NNC(=O)c1nn(-c2ccccc2)cc1O. The van der Waals surface area contributed by atoms with Gasteiger partial charge >= 0.3 is 6.03 Å². The van der Waals surface area contributed by atoms with Crippen molar-refractivity contribution < 1.29 is 19.4 Å². The van der Waals surface area contributed by atoms with Gasteiger partial charge in [-0.1, -0.05) is 36.4 Å². The average molecular weight is 381 g/mol. The number of urea groups is 1. The van der Waals surface area contributed by atoms with E-state index in [4.69, 9.17) is 4.74 Å². The Morgan fingerprint density at radius 1 is 1.07 bits per heavy atom. The Bertz CT molecular complexity index is 971. The predicted octanol–water partition coefficient (Wildman–Crippen LogP) is 1.73. The standard InChI is InChI=1S/C19H19N5O4/c1-28-16-10-6-5-7-13(16)11-20-19(27)22-21-18(26)17-15(25)12-24(23-17)14-8-3-2-4-9-14/h2-10,12,25H,11H2,1H3,(H,21,26)(H2,20,22,27). The van der Waals surface area contributed by atoms with Crippen molar-refractivity contribution in [1.29, 1.82) is 0 Å². The summed E-state index contributed by atoms with van der Waals surface area (Å²) in [6.45, 7) is 0.208. The first kappa shape index (κ1) is 18.8. The molecular weight excluding hydrogens is 362 g/mol. The molecule has 9 heteroatoms. The van der Waals surface area contributed by atoms with Gasteiger partial charge in [-0.2, -0.15) is 5.10 Å². The second kappa shape index (κ2) is 8.58. The van der Waals surface area contributed by atoms with Gasteiger partial charge in [0.05, 0.1) is 19.0 Å². The minimum Gasteiger partial charge on any atom is -0.504 e. The predicted molar refractivity (Wildman–Crippen MR) is 101 cm³/mol. The van der Waals surface area contributed by atoms with Gasteiger partial charge in [0.25, 0.3) is 5.91 Å². The molecule has 0 atom stereocenters. The van der Waals surface area contributed by atoms with E-state index in [0.717, 1.165) is 5.56 Å². The van der Waals surface area contributed by atoms with E-state index in [9.17, 15) is 14.7 Å². The summed E-state index contributed by atoms with van der Waals surface area (Å²) in [7, 11) is 1.54. The number of hydrogen-bond acceptors (Lipinski definition) is 5. The maximum atomic E-state index is 12.2. The van der Waals surface area contributed by atoms with Crippen LogP contribution in [0.4, 0.5) is 4.79 Å². The Morgan fingerprint density at radius 3 is 2.54 bits per heavy atom. The van der Waals surface area contributed by atoms with E-state index >= 15 is 0 Å². The van der Waals surface area contributed by atoms with Gasteiger partial charge < -0.3 is 15.2 Å². The lowest BCUT2D eigenvalue weighted by Gasteiger charge is -2.10. The molecule has 0 saturated heterocycles. The zero-order chi connectivity index (χ0) is 19.9. The van der Waals surface area contributed by atoms with Gasteiger partial charge in [-0.15, -0.1) is 0 Å². The molecule has 0 unspecified atom stereocenters. The molecule has 0 fully saturated rings. The number of nitrogens with one attached hydrogen (secondary N) is 3. The lowest BCUT2D eigenvalue weighted by molar-refractivity contribution is 0.0928. The van der Waals surface area contributed by atoms with Crippen LogP contribution in [0.15, 0.2) is 60.8 Å². The summed E-state index contributed by atoms with van der Waals surface area (Å²) in [5, 5.41) is 16.6. The number of hydrogen-bond donors (Lipinski definition) is 4. The Morgan fingerprint density at radius 2 is 1.79 bits per heavy atom. The molecule has 3 rings (SSSR count). The van der Waals surface area contributed by atoms with Crippen molar-refractivity contribution in [3.63, 3.8) is 0 Å². The van der Waals surface area contributed by atoms with Crippen LogP contribution in [0.1, 0.15) is 16.1 Å². The van der Waals surface area contributed by atoms with Gasteiger partial charge in [0.15, 0.2) is 11.4 Å². The summed E-state index contributed by atoms with van der Waals surface area (Å²) < 4.78 is 6.57. The van der Waals surface area contributed by atoms with Crippen LogP contribution in [0, 0.1) is 0 Å². The summed E-state index contributed by atoms with van der Waals surface area (Å²) in [5.74, 6) is -0.416. The van der Waals surface area contributed by atoms with Crippen LogP contribution < -0.4 is 20.9 Å². The Balaban J connectivity index is 1.55. The molecule has 4 N–H and O–H groups in total. The molecule has 0 radical (unpaired) electrons. The molecule has 0 saturated carbocycles. The first-order valence-corrected chi connectivity index (χ1v) is 8.38. The van der Waals surface area contributed by atoms with Gasteiger partial charge in [0.1, 0.15) is 5.75 Å². The van der Waals surface area contributed by atoms with E-state index in [1.165, 1.54) is 10.9 Å². The Labute approximate surface area is 160 Å². The van der Waals surface area contributed by atoms with E-state index in [-0.39, 0.29) is 18.0 Å². The number of carbonyl (C=O) groups is 2. The lowest BCUT2D eigenvalue weighted by atomic mass is 10.2. The van der Waals surface area contributed by atoms with E-state index in [2.05, 4.69) is 21.3 Å². The highest BCUT2D eigenvalue weighted by Crippen LogP contribution is 2.18. The number of nitrogens with zero attached hydrogens (tertiary/aromatic N) is 2. The van der Waals surface area contributed by atoms with Gasteiger partial charge in [-0.3, -0.25) is 10.2 Å². The normalized spacial score (nSPS) is 10.2. The number of methoxy groups -OCH3 is 1. The molecule has 28 heavy (non-hydrogen) atoms. The first-order chi connectivity index (χ1) is 13.6. The number of aromatic nitrogens is 2. The number of carbonyl (C=O) groups excluding carboxylic acids is 2. The van der Waals surface area contributed by atoms with Crippen molar-refractivity contribution in [1.82, 2.24) is 25.9 Å². The Kier molecular flexibility index (Phi) is 5.75. The molecular formula is C19H19N5O4. The molecule has 144 valence electrons. The number of rotatable bonds is 5. The molecule has 0 spiro atoms. The Hall–Kier alpha value is -4.01. The number of hydrazine groups is 1. The molecule has 0 aliphatic rings. The number of benzene rings is 2. The zero-order valence-corrected chi connectivity index (χ0v) is 15.0. The van der Waals surface area contributed by atoms with Crippen LogP contribution in [-0.2, 0) is 6.54 Å². The van der Waals surface area contributed by atoms with Crippen LogP contribution in [0.3, 0.4) is 0 Å². The molecule has 3 amide bonds. The molecule has 1 aromatic heterocycles. The fourth-order valence-corrected chi connectivity index (χ4v) is 2.48. The summed E-state index contributed by atoms with van der Waals surface area (Å²) in [4.78, 5) is 24.1. The van der Waals surface area contributed by atoms with Crippen molar-refractivity contribution in [3.8, 4) is 17.2 Å². The van der Waals surface area contributed by atoms with Crippen LogP contribution in [0.2, 0.25) is 0 Å². The maximum Gasteiger partial charge on any atom is 0.333 e. The molecule has 3 aromatic rings. The van der Waals surface area contributed by atoms with Crippen molar-refractivity contribution in [3.05, 3.63) is 72.1 Å². The monoisotopic (exact) mass is 381 g/mol. The quantitative estimate of drug-likeness (QED) is 0.502. The summed E-state index contributed by atoms with van der Waals surface area (Å²) in [6, 6.07) is 15.6. The molecule has 9 nitrogen and oxygen atoms in total. The second-order valence-electron chi connectivity index (χ2n) is 5.72. The summed E-state index contributed by atoms with van der Waals surface area (Å²) in [6.07, 6.45) is 1.31. The third-order valence-electron chi connectivity index (χ3n) is 3.85. The molecule has 0 aliphatic carbocycles. The van der Waals surface area contributed by atoms with Gasteiger partial charge in [-0.25, -0.2) is 14.9 Å². The van der Waals surface area contributed by atoms with Gasteiger partial charge in [-0.05, 0) is 18.2 Å². The van der Waals surface area contributed by atoms with Crippen molar-refractivity contribution in [2.75, 3.05) is 7.11 Å². The van der Waals surface area contributed by atoms with Crippen molar-refractivity contribution in [2.24, 2.45) is 0 Å². The van der Waals surface area contributed by atoms with E-state index < -0.39 is 11.9 Å². The smallest absolute Gasteiger partial charge is 0.333 e. The van der Waals surface area contributed by atoms with Crippen LogP contribution in [0.25, 0.3) is 5.69 Å². The van der Waals surface area contributed by atoms with Crippen LogP contribution in [-0.4, -0.2) is 33.9 Å². The van der Waals surface area contributed by atoms with Crippen LogP contribution >= 0.6 is 0 Å². The molecule has 2 aromatic carbocycles. The number of amides is 3. The highest BCUT2D eigenvalue weighted by molar-refractivity contribution is 5.95. The lowest BCUT2D eigenvalue weighted by Crippen LogP contribution is -2.46. The van der Waals surface area contributed by atoms with E-state index in [1.54, 1.807) is 37.4 Å². The van der Waals surface area contributed by atoms with E-state index in [1.807, 2.05) is 24.3 Å². The highest BCUT2D eigenvalue weighted by atomic mass is 16.5. The first-order valence-electron chi connectivity index (χ1n) is 8.38. The van der Waals surface area contributed by atoms with Crippen molar-refractivity contribution in [2.45, 2.75) is 6.54 Å². The number of para-hydroxylation sites is 2.